The Bertz CT molecular complexity index is 1300. The number of methoxy groups -OCH3 is 1. The van der Waals surface area contributed by atoms with Gasteiger partial charge in [-0.1, -0.05) is 12.1 Å². The molecule has 5 aromatic rings. The molecule has 6 nitrogen and oxygen atoms in total. The molecule has 0 atom stereocenters. The van der Waals surface area contributed by atoms with Crippen LogP contribution in [0.15, 0.2) is 67.3 Å². The maximum Gasteiger partial charge on any atom is 0.142 e. The molecule has 0 saturated heterocycles. The number of hydrogen-bond acceptors (Lipinski definition) is 4. The minimum atomic E-state index is 0.768. The van der Waals surface area contributed by atoms with E-state index < -0.39 is 0 Å². The summed E-state index contributed by atoms with van der Waals surface area (Å²) in [6, 6.07) is 16.6. The zero-order valence-electron chi connectivity index (χ0n) is 15.6. The summed E-state index contributed by atoms with van der Waals surface area (Å²) in [5, 5.41) is 5.40. The van der Waals surface area contributed by atoms with Crippen LogP contribution in [-0.2, 0) is 0 Å². The van der Waals surface area contributed by atoms with Crippen LogP contribution in [0, 0.1) is 0 Å². The summed E-state index contributed by atoms with van der Waals surface area (Å²) in [6.45, 7) is 0. The highest BCUT2D eigenvalue weighted by Crippen LogP contribution is 2.35. The average Bonchev–Trinajstić information content (AvgIpc) is 3.37. The molecular formula is C22H19N5O. The van der Waals surface area contributed by atoms with Gasteiger partial charge in [0.25, 0.3) is 0 Å². The summed E-state index contributed by atoms with van der Waals surface area (Å²) in [4.78, 5) is 12.0. The molecule has 0 amide bonds. The Morgan fingerprint density at radius 2 is 1.96 bits per heavy atom. The van der Waals surface area contributed by atoms with Crippen molar-refractivity contribution in [2.45, 2.75) is 0 Å². The number of rotatable bonds is 4. The van der Waals surface area contributed by atoms with Gasteiger partial charge in [0.15, 0.2) is 0 Å². The molecule has 0 radical (unpaired) electrons. The lowest BCUT2D eigenvalue weighted by atomic mass is 10.0. The lowest BCUT2D eigenvalue weighted by Crippen LogP contribution is -2.00. The molecule has 2 aromatic carbocycles. The van der Waals surface area contributed by atoms with Crippen LogP contribution < -0.4 is 10.1 Å². The van der Waals surface area contributed by atoms with E-state index in [2.05, 4.69) is 61.4 Å². The Hall–Kier alpha value is -3.80. The van der Waals surface area contributed by atoms with E-state index in [0.29, 0.717) is 0 Å². The quantitative estimate of drug-likeness (QED) is 0.485. The summed E-state index contributed by atoms with van der Waals surface area (Å²) in [7, 11) is 3.53. The molecule has 0 saturated carbocycles. The summed E-state index contributed by atoms with van der Waals surface area (Å²) < 4.78 is 7.53. The van der Waals surface area contributed by atoms with Crippen LogP contribution >= 0.6 is 0 Å². The second kappa shape index (κ2) is 6.42. The van der Waals surface area contributed by atoms with E-state index in [9.17, 15) is 0 Å². The molecule has 0 bridgehead atoms. The summed E-state index contributed by atoms with van der Waals surface area (Å²) in [5.41, 5.74) is 4.43. The summed E-state index contributed by atoms with van der Waals surface area (Å²) >= 11 is 0. The van der Waals surface area contributed by atoms with Crippen molar-refractivity contribution in [2.75, 3.05) is 19.5 Å². The first kappa shape index (κ1) is 16.4. The van der Waals surface area contributed by atoms with Gasteiger partial charge in [-0.25, -0.2) is 9.97 Å². The van der Waals surface area contributed by atoms with E-state index in [1.54, 1.807) is 13.4 Å². The zero-order chi connectivity index (χ0) is 19.1. The van der Waals surface area contributed by atoms with Gasteiger partial charge in [0, 0.05) is 48.0 Å². The third kappa shape index (κ3) is 2.58. The van der Waals surface area contributed by atoms with Gasteiger partial charge in [-0.05, 0) is 35.2 Å². The van der Waals surface area contributed by atoms with Crippen LogP contribution in [0.25, 0.3) is 38.8 Å². The van der Waals surface area contributed by atoms with Crippen LogP contribution in [0.2, 0.25) is 0 Å². The second-order valence-electron chi connectivity index (χ2n) is 6.59. The predicted molar refractivity (Wildman–Crippen MR) is 112 cm³/mol. The van der Waals surface area contributed by atoms with Crippen molar-refractivity contribution in [2.24, 2.45) is 0 Å². The molecule has 138 valence electrons. The number of aromatic amines is 1. The summed E-state index contributed by atoms with van der Waals surface area (Å²) in [6.07, 6.45) is 5.65. The number of ether oxygens (including phenoxy) is 1. The van der Waals surface area contributed by atoms with E-state index in [-0.39, 0.29) is 0 Å². The first-order valence-electron chi connectivity index (χ1n) is 9.03. The Morgan fingerprint density at radius 3 is 2.82 bits per heavy atom. The van der Waals surface area contributed by atoms with E-state index in [1.807, 2.05) is 31.4 Å². The lowest BCUT2D eigenvalue weighted by Gasteiger charge is -2.07. The number of nitrogens with one attached hydrogen (secondary N) is 2. The minimum Gasteiger partial charge on any atom is -0.497 e. The molecule has 3 aromatic heterocycles. The standard InChI is InChI=1S/C22H19N5O/c1-23-21-11-22(26-13-25-21)27-12-18(17-6-5-16(28-2)10-20(17)27)15-4-3-14-7-8-24-19(14)9-15/h3-13,24H,1-2H3,(H,23,25,26). The van der Waals surface area contributed by atoms with Gasteiger partial charge >= 0.3 is 0 Å². The highest BCUT2D eigenvalue weighted by atomic mass is 16.5. The molecule has 0 spiro atoms. The molecule has 0 aliphatic carbocycles. The fraction of sp³-hybridized carbons (Fsp3) is 0.0909. The third-order valence-corrected chi connectivity index (χ3v) is 5.03. The third-order valence-electron chi connectivity index (χ3n) is 5.03. The minimum absolute atomic E-state index is 0.768. The number of H-pyrrole nitrogens is 1. The van der Waals surface area contributed by atoms with Gasteiger partial charge in [-0.2, -0.15) is 0 Å². The molecule has 3 heterocycles. The zero-order valence-corrected chi connectivity index (χ0v) is 15.6. The molecule has 0 aliphatic rings. The molecule has 2 N–H and O–H groups in total. The Morgan fingerprint density at radius 1 is 1.04 bits per heavy atom. The number of aromatic nitrogens is 4. The van der Waals surface area contributed by atoms with Crippen LogP contribution in [0.5, 0.6) is 5.75 Å². The Labute approximate surface area is 161 Å². The van der Waals surface area contributed by atoms with Crippen LogP contribution in [0.1, 0.15) is 0 Å². The van der Waals surface area contributed by atoms with Gasteiger partial charge in [0.05, 0.1) is 12.6 Å². The molecule has 5 rings (SSSR count). The van der Waals surface area contributed by atoms with Crippen molar-refractivity contribution in [1.29, 1.82) is 0 Å². The van der Waals surface area contributed by atoms with E-state index >= 15 is 0 Å². The highest BCUT2D eigenvalue weighted by molar-refractivity contribution is 5.99. The Kier molecular flexibility index (Phi) is 3.76. The number of benzene rings is 2. The van der Waals surface area contributed by atoms with Gasteiger partial charge in [0.1, 0.15) is 23.7 Å². The topological polar surface area (TPSA) is 67.8 Å². The van der Waals surface area contributed by atoms with Crippen molar-refractivity contribution in [3.63, 3.8) is 0 Å². The average molecular weight is 369 g/mol. The smallest absolute Gasteiger partial charge is 0.142 e. The molecule has 0 fully saturated rings. The largest absolute Gasteiger partial charge is 0.497 e. The molecule has 28 heavy (non-hydrogen) atoms. The van der Waals surface area contributed by atoms with Crippen LogP contribution in [0.4, 0.5) is 5.82 Å². The second-order valence-corrected chi connectivity index (χ2v) is 6.59. The molecule has 6 heteroatoms. The monoisotopic (exact) mass is 369 g/mol. The maximum atomic E-state index is 5.46. The first-order chi connectivity index (χ1) is 13.8. The fourth-order valence-corrected chi connectivity index (χ4v) is 3.58. The first-order valence-corrected chi connectivity index (χ1v) is 9.03. The fourth-order valence-electron chi connectivity index (χ4n) is 3.58. The van der Waals surface area contributed by atoms with Crippen molar-refractivity contribution in [3.8, 4) is 22.7 Å². The predicted octanol–water partition coefficient (Wildman–Crippen LogP) is 4.62. The van der Waals surface area contributed by atoms with Crippen LogP contribution in [0.3, 0.4) is 0 Å². The van der Waals surface area contributed by atoms with E-state index in [1.165, 1.54) is 5.39 Å². The van der Waals surface area contributed by atoms with Gasteiger partial charge in [-0.3, -0.25) is 0 Å². The maximum absolute atomic E-state index is 5.46. The molecule has 0 aliphatic heterocycles. The number of hydrogen-bond donors (Lipinski definition) is 2. The Balaban J connectivity index is 1.77. The van der Waals surface area contributed by atoms with Crippen molar-refractivity contribution < 1.29 is 4.74 Å². The van der Waals surface area contributed by atoms with Gasteiger partial charge in [0.2, 0.25) is 0 Å². The summed E-state index contributed by atoms with van der Waals surface area (Å²) in [5.74, 6) is 2.37. The normalized spacial score (nSPS) is 11.2. The highest BCUT2D eigenvalue weighted by Gasteiger charge is 2.14. The van der Waals surface area contributed by atoms with Crippen LogP contribution in [-0.4, -0.2) is 33.7 Å². The number of nitrogens with zero attached hydrogens (tertiary/aromatic N) is 3. The van der Waals surface area contributed by atoms with E-state index in [0.717, 1.165) is 44.9 Å². The van der Waals surface area contributed by atoms with Gasteiger partial charge < -0.3 is 19.6 Å². The van der Waals surface area contributed by atoms with Crippen molar-refractivity contribution in [3.05, 3.63) is 67.3 Å². The number of fused-ring (bicyclic) bond motifs is 2. The van der Waals surface area contributed by atoms with Gasteiger partial charge in [-0.15, -0.1) is 0 Å². The SMILES string of the molecule is CNc1cc(-n2cc(-c3ccc4cc[nH]c4c3)c3ccc(OC)cc32)ncn1. The van der Waals surface area contributed by atoms with E-state index in [4.69, 9.17) is 4.74 Å². The van der Waals surface area contributed by atoms with Crippen molar-refractivity contribution >= 4 is 27.6 Å². The molecule has 0 unspecified atom stereocenters. The molecular weight excluding hydrogens is 350 g/mol. The van der Waals surface area contributed by atoms with Crippen molar-refractivity contribution in [1.82, 2.24) is 19.5 Å². The lowest BCUT2D eigenvalue weighted by molar-refractivity contribution is 0.415. The number of anilines is 1.